The third kappa shape index (κ3) is 2.90. The minimum Gasteiger partial charge on any atom is -0.375 e. The summed E-state index contributed by atoms with van der Waals surface area (Å²) < 4.78 is 6.08. The molecule has 1 fully saturated rings. The Hall–Kier alpha value is -0.450. The normalized spacial score (nSPS) is 32.9. The Morgan fingerprint density at radius 2 is 2.10 bits per heavy atom. The molecule has 118 valence electrons. The van der Waals surface area contributed by atoms with Crippen molar-refractivity contribution in [2.45, 2.75) is 76.9 Å². The number of ether oxygens (including phenoxy) is 1. The first kappa shape index (κ1) is 15.4. The van der Waals surface area contributed by atoms with E-state index < -0.39 is 0 Å². The Labute approximate surface area is 132 Å². The fraction of sp³-hybridized carbons (Fsp3) is 0.824. The Bertz CT molecular complexity index is 473. The van der Waals surface area contributed by atoms with Crippen LogP contribution < -0.4 is 5.32 Å². The molecule has 0 amide bonds. The summed E-state index contributed by atoms with van der Waals surface area (Å²) in [4.78, 5) is 6.61. The molecule has 1 saturated heterocycles. The smallest absolute Gasteiger partial charge is 0.113 e. The van der Waals surface area contributed by atoms with E-state index in [1.165, 1.54) is 36.4 Å². The number of nitrogens with one attached hydrogen (secondary N) is 1. The molecule has 0 spiro atoms. The molecule has 1 N–H and O–H groups in total. The van der Waals surface area contributed by atoms with Gasteiger partial charge < -0.3 is 10.1 Å². The van der Waals surface area contributed by atoms with E-state index in [-0.39, 0.29) is 11.1 Å². The number of aromatic nitrogens is 1. The number of fused-ring (bicyclic) bond motifs is 1. The summed E-state index contributed by atoms with van der Waals surface area (Å²) in [6.07, 6.45) is 8.19. The second kappa shape index (κ2) is 5.98. The molecule has 1 aromatic rings. The van der Waals surface area contributed by atoms with Gasteiger partial charge in [0.25, 0.3) is 0 Å². The van der Waals surface area contributed by atoms with Crippen molar-refractivity contribution in [2.24, 2.45) is 0 Å². The number of nitrogens with zero attached hydrogens (tertiary/aromatic N) is 1. The summed E-state index contributed by atoms with van der Waals surface area (Å²) in [6.45, 7) is 8.51. The monoisotopic (exact) mass is 308 g/mol. The Morgan fingerprint density at radius 1 is 1.29 bits per heavy atom. The average Bonchev–Trinajstić information content (AvgIpc) is 2.92. The van der Waals surface area contributed by atoms with Crippen LogP contribution in [0.15, 0.2) is 0 Å². The summed E-state index contributed by atoms with van der Waals surface area (Å²) in [7, 11) is 0. The van der Waals surface area contributed by atoms with Crippen LogP contribution in [-0.4, -0.2) is 23.7 Å². The minimum atomic E-state index is -0.0212. The zero-order chi connectivity index (χ0) is 14.9. The SMILES string of the molecule is CCNC1(c2nc3c(s2)CCCC3)CCOC(C)(CC)C1. The highest BCUT2D eigenvalue weighted by molar-refractivity contribution is 7.11. The van der Waals surface area contributed by atoms with E-state index >= 15 is 0 Å². The Balaban J connectivity index is 1.94. The first-order chi connectivity index (χ1) is 10.1. The number of hydrogen-bond donors (Lipinski definition) is 1. The van der Waals surface area contributed by atoms with Gasteiger partial charge in [0.2, 0.25) is 0 Å². The van der Waals surface area contributed by atoms with Crippen molar-refractivity contribution in [1.29, 1.82) is 0 Å². The van der Waals surface area contributed by atoms with Crippen molar-refractivity contribution in [3.63, 3.8) is 0 Å². The molecule has 1 aromatic heterocycles. The van der Waals surface area contributed by atoms with E-state index in [9.17, 15) is 0 Å². The molecule has 2 heterocycles. The highest BCUT2D eigenvalue weighted by Gasteiger charge is 2.45. The Kier molecular flexibility index (Phi) is 4.40. The van der Waals surface area contributed by atoms with E-state index in [1.807, 2.05) is 11.3 Å². The van der Waals surface area contributed by atoms with Crippen molar-refractivity contribution in [3.05, 3.63) is 15.6 Å². The number of aryl methyl sites for hydroxylation is 2. The van der Waals surface area contributed by atoms with Gasteiger partial charge in [-0.05, 0) is 52.0 Å². The topological polar surface area (TPSA) is 34.2 Å². The van der Waals surface area contributed by atoms with Gasteiger partial charge in [-0.1, -0.05) is 13.8 Å². The third-order valence-corrected chi connectivity index (χ3v) is 6.53. The fourth-order valence-corrected chi connectivity index (χ4v) is 5.12. The number of rotatable bonds is 4. The molecule has 21 heavy (non-hydrogen) atoms. The molecule has 0 bridgehead atoms. The summed E-state index contributed by atoms with van der Waals surface area (Å²) in [5.74, 6) is 0. The van der Waals surface area contributed by atoms with Gasteiger partial charge in [0.15, 0.2) is 0 Å². The molecule has 0 aromatic carbocycles. The minimum absolute atomic E-state index is 0.0212. The van der Waals surface area contributed by atoms with Crippen LogP contribution in [0.2, 0.25) is 0 Å². The molecule has 3 rings (SSSR count). The lowest BCUT2D eigenvalue weighted by molar-refractivity contribution is -0.103. The van der Waals surface area contributed by atoms with Crippen molar-refractivity contribution in [1.82, 2.24) is 10.3 Å². The molecule has 4 heteroatoms. The number of thiazole rings is 1. The lowest BCUT2D eigenvalue weighted by Crippen LogP contribution is -2.53. The summed E-state index contributed by atoms with van der Waals surface area (Å²) in [5, 5.41) is 5.10. The molecule has 0 saturated carbocycles. The van der Waals surface area contributed by atoms with Crippen LogP contribution in [0.1, 0.15) is 68.5 Å². The first-order valence-corrected chi connectivity index (χ1v) is 9.30. The second-order valence-corrected chi connectivity index (χ2v) is 7.87. The summed E-state index contributed by atoms with van der Waals surface area (Å²) in [6, 6.07) is 0. The molecule has 1 aliphatic carbocycles. The molecule has 2 atom stereocenters. The second-order valence-electron chi connectivity index (χ2n) is 6.79. The van der Waals surface area contributed by atoms with Crippen LogP contribution >= 0.6 is 11.3 Å². The Morgan fingerprint density at radius 3 is 2.81 bits per heavy atom. The van der Waals surface area contributed by atoms with E-state index in [2.05, 4.69) is 26.1 Å². The largest absolute Gasteiger partial charge is 0.375 e. The summed E-state index contributed by atoms with van der Waals surface area (Å²) >= 11 is 1.96. The van der Waals surface area contributed by atoms with E-state index in [1.54, 1.807) is 4.88 Å². The van der Waals surface area contributed by atoms with Gasteiger partial charge in [0.05, 0.1) is 16.8 Å². The van der Waals surface area contributed by atoms with Crippen molar-refractivity contribution in [3.8, 4) is 0 Å². The maximum Gasteiger partial charge on any atom is 0.113 e. The standard InChI is InChI=1S/C17H28N2OS/c1-4-16(3)12-17(18-5-2,10-11-20-16)15-19-13-8-6-7-9-14(13)21-15/h18H,4-12H2,1-3H3. The van der Waals surface area contributed by atoms with Gasteiger partial charge in [-0.25, -0.2) is 4.98 Å². The molecule has 2 aliphatic rings. The number of hydrogen-bond acceptors (Lipinski definition) is 4. The zero-order valence-electron chi connectivity index (χ0n) is 13.6. The van der Waals surface area contributed by atoms with Crippen LogP contribution in [0.3, 0.4) is 0 Å². The first-order valence-electron chi connectivity index (χ1n) is 8.49. The third-order valence-electron chi connectivity index (χ3n) is 5.17. The van der Waals surface area contributed by atoms with Crippen molar-refractivity contribution in [2.75, 3.05) is 13.2 Å². The van der Waals surface area contributed by atoms with E-state index in [0.29, 0.717) is 0 Å². The highest BCUT2D eigenvalue weighted by Crippen LogP contribution is 2.43. The lowest BCUT2D eigenvalue weighted by Gasteiger charge is -2.45. The lowest BCUT2D eigenvalue weighted by atomic mass is 9.79. The fourth-order valence-electron chi connectivity index (χ4n) is 3.78. The van der Waals surface area contributed by atoms with Crippen LogP contribution in [0.25, 0.3) is 0 Å². The van der Waals surface area contributed by atoms with Crippen LogP contribution in [0.5, 0.6) is 0 Å². The van der Waals surface area contributed by atoms with E-state index in [0.717, 1.165) is 32.4 Å². The van der Waals surface area contributed by atoms with Gasteiger partial charge >= 0.3 is 0 Å². The molecular weight excluding hydrogens is 280 g/mol. The van der Waals surface area contributed by atoms with Gasteiger partial charge in [-0.15, -0.1) is 11.3 Å². The quantitative estimate of drug-likeness (QED) is 0.918. The van der Waals surface area contributed by atoms with Crippen LogP contribution in [-0.2, 0) is 23.1 Å². The van der Waals surface area contributed by atoms with Gasteiger partial charge in [-0.3, -0.25) is 0 Å². The highest BCUT2D eigenvalue weighted by atomic mass is 32.1. The van der Waals surface area contributed by atoms with Crippen LogP contribution in [0.4, 0.5) is 0 Å². The van der Waals surface area contributed by atoms with Crippen LogP contribution in [0, 0.1) is 0 Å². The van der Waals surface area contributed by atoms with Crippen molar-refractivity contribution >= 4 is 11.3 Å². The van der Waals surface area contributed by atoms with E-state index in [4.69, 9.17) is 9.72 Å². The predicted molar refractivity (Wildman–Crippen MR) is 88.0 cm³/mol. The predicted octanol–water partition coefficient (Wildman–Crippen LogP) is 3.81. The molecule has 2 unspecified atom stereocenters. The molecule has 1 aliphatic heterocycles. The van der Waals surface area contributed by atoms with Gasteiger partial charge in [-0.2, -0.15) is 0 Å². The maximum atomic E-state index is 6.08. The molecule has 3 nitrogen and oxygen atoms in total. The zero-order valence-corrected chi connectivity index (χ0v) is 14.4. The van der Waals surface area contributed by atoms with Crippen molar-refractivity contribution < 1.29 is 4.74 Å². The maximum absolute atomic E-state index is 6.08. The molecular formula is C17H28N2OS. The van der Waals surface area contributed by atoms with Gasteiger partial charge in [0, 0.05) is 17.9 Å². The summed E-state index contributed by atoms with van der Waals surface area (Å²) in [5.41, 5.74) is 1.38. The van der Waals surface area contributed by atoms with Gasteiger partial charge in [0.1, 0.15) is 5.01 Å². The average molecular weight is 308 g/mol. The molecule has 0 radical (unpaired) electrons.